The zero-order valence-electron chi connectivity index (χ0n) is 25.4. The Morgan fingerprint density at radius 2 is 1.77 bits per heavy atom. The van der Waals surface area contributed by atoms with Crippen molar-refractivity contribution < 1.29 is 28.2 Å². The quantitative estimate of drug-likeness (QED) is 0.407. The Hall–Kier alpha value is -2.50. The van der Waals surface area contributed by atoms with Crippen molar-refractivity contribution in [1.82, 2.24) is 19.7 Å². The fourth-order valence-corrected chi connectivity index (χ4v) is 11.0. The number of nitrogens with zero attached hydrogens (tertiary/aromatic N) is 3. The molecular weight excluding hydrogens is 568 g/mol. The highest BCUT2D eigenvalue weighted by Crippen LogP contribution is 2.69. The van der Waals surface area contributed by atoms with Gasteiger partial charge in [0.1, 0.15) is 0 Å². The zero-order chi connectivity index (χ0) is 30.6. The van der Waals surface area contributed by atoms with Crippen LogP contribution in [0.5, 0.6) is 0 Å². The summed E-state index contributed by atoms with van der Waals surface area (Å²) in [6, 6.07) is 5.99. The molecule has 0 bridgehead atoms. The van der Waals surface area contributed by atoms with E-state index in [0.29, 0.717) is 35.8 Å². The molecule has 0 unspecified atom stereocenters. The first kappa shape index (κ1) is 30.5. The van der Waals surface area contributed by atoms with Crippen LogP contribution in [0.15, 0.2) is 41.6 Å². The normalized spacial score (nSPS) is 38.9. The van der Waals surface area contributed by atoms with E-state index >= 15 is 0 Å². The Bertz CT molecular complexity index is 1400. The van der Waals surface area contributed by atoms with Gasteiger partial charge in [-0.05, 0) is 122 Å². The highest BCUT2D eigenvalue weighted by molar-refractivity contribution is 7.90. The van der Waals surface area contributed by atoms with Crippen molar-refractivity contribution in [2.45, 2.75) is 95.7 Å². The Balaban J connectivity index is 1.07. The summed E-state index contributed by atoms with van der Waals surface area (Å²) in [6.45, 7) is 7.14. The number of amides is 1. The van der Waals surface area contributed by atoms with Crippen LogP contribution >= 0.6 is 0 Å². The third-order valence-electron chi connectivity index (χ3n) is 12.3. The maximum absolute atomic E-state index is 12.8. The lowest BCUT2D eigenvalue weighted by atomic mass is 9.41. The molecule has 4 saturated carbocycles. The second-order valence-electron chi connectivity index (χ2n) is 14.1. The van der Waals surface area contributed by atoms with E-state index in [2.05, 4.69) is 31.1 Å². The Labute approximate surface area is 254 Å². The van der Waals surface area contributed by atoms with Gasteiger partial charge in [0.2, 0.25) is 0 Å². The first-order valence-electron chi connectivity index (χ1n) is 16.0. The molecule has 4 aliphatic carbocycles. The van der Waals surface area contributed by atoms with E-state index in [4.69, 9.17) is 4.74 Å². The van der Waals surface area contributed by atoms with Gasteiger partial charge >= 0.3 is 6.09 Å². The molecule has 1 aromatic heterocycles. The summed E-state index contributed by atoms with van der Waals surface area (Å²) in [5, 5.41) is 30.0. The lowest BCUT2D eigenvalue weighted by Crippen LogP contribution is -2.62. The van der Waals surface area contributed by atoms with Gasteiger partial charge in [0.15, 0.2) is 0 Å². The van der Waals surface area contributed by atoms with E-state index in [1.807, 2.05) is 4.72 Å². The number of benzene rings is 1. The van der Waals surface area contributed by atoms with Crippen LogP contribution in [0.1, 0.15) is 78.6 Å². The summed E-state index contributed by atoms with van der Waals surface area (Å²) in [5.74, 6) is 2.08. The topological polar surface area (TPSA) is 144 Å². The third kappa shape index (κ3) is 5.29. The van der Waals surface area contributed by atoms with E-state index in [1.165, 1.54) is 23.0 Å². The molecule has 43 heavy (non-hydrogen) atoms. The SMILES string of the molecule is CC[C@H]1[C@@H](O)[C@@H]2[C@H](CC[C@]3(C)[C@@H](CCOC(=O)NS(=O)(=O)c4ccc(-n5ccnn5)cc4)CC[C@@H]23)[C@@]2(C)CC[C@@H](O)C[C@@H]12. The number of aromatic nitrogens is 3. The van der Waals surface area contributed by atoms with Gasteiger partial charge in [-0.25, -0.2) is 22.6 Å². The largest absolute Gasteiger partial charge is 0.449 e. The van der Waals surface area contributed by atoms with E-state index in [1.54, 1.807) is 18.3 Å². The first-order chi connectivity index (χ1) is 20.5. The number of hydrogen-bond acceptors (Lipinski definition) is 8. The Morgan fingerprint density at radius 3 is 2.47 bits per heavy atom. The highest BCUT2D eigenvalue weighted by atomic mass is 32.2. The van der Waals surface area contributed by atoms with Gasteiger partial charge in [0.25, 0.3) is 10.0 Å². The van der Waals surface area contributed by atoms with E-state index in [0.717, 1.165) is 51.4 Å². The average molecular weight is 615 g/mol. The molecule has 4 fully saturated rings. The maximum Gasteiger partial charge on any atom is 0.421 e. The van der Waals surface area contributed by atoms with Crippen LogP contribution in [0, 0.1) is 46.3 Å². The number of rotatable bonds is 7. The summed E-state index contributed by atoms with van der Waals surface area (Å²) in [4.78, 5) is 12.5. The average Bonchev–Trinajstić information content (AvgIpc) is 3.63. The van der Waals surface area contributed by atoms with E-state index < -0.39 is 16.1 Å². The lowest BCUT2D eigenvalue weighted by Gasteiger charge is -2.64. The van der Waals surface area contributed by atoms with Crippen molar-refractivity contribution in [1.29, 1.82) is 0 Å². The van der Waals surface area contributed by atoms with Crippen LogP contribution < -0.4 is 4.72 Å². The predicted octanol–water partition coefficient (Wildman–Crippen LogP) is 4.70. The summed E-state index contributed by atoms with van der Waals surface area (Å²) < 4.78 is 34.5. The number of fused-ring (bicyclic) bond motifs is 5. The molecule has 4 aliphatic rings. The fraction of sp³-hybridized carbons (Fsp3) is 0.719. The molecule has 1 aromatic carbocycles. The van der Waals surface area contributed by atoms with Crippen molar-refractivity contribution in [2.75, 3.05) is 6.61 Å². The van der Waals surface area contributed by atoms with Crippen LogP contribution in [0.2, 0.25) is 0 Å². The summed E-state index contributed by atoms with van der Waals surface area (Å²) in [7, 11) is -4.09. The van der Waals surface area contributed by atoms with Crippen molar-refractivity contribution in [2.24, 2.45) is 46.3 Å². The van der Waals surface area contributed by atoms with Gasteiger partial charge in [-0.2, -0.15) is 0 Å². The molecule has 6 rings (SSSR count). The Morgan fingerprint density at radius 1 is 1.05 bits per heavy atom. The Kier molecular flexibility index (Phi) is 8.13. The number of carbonyl (C=O) groups excluding carboxylic acids is 1. The molecule has 236 valence electrons. The van der Waals surface area contributed by atoms with Gasteiger partial charge in [0.05, 0.1) is 41.8 Å². The van der Waals surface area contributed by atoms with Gasteiger partial charge < -0.3 is 14.9 Å². The number of carbonyl (C=O) groups is 1. The van der Waals surface area contributed by atoms with E-state index in [-0.39, 0.29) is 46.4 Å². The monoisotopic (exact) mass is 614 g/mol. The lowest BCUT2D eigenvalue weighted by molar-refractivity contribution is -0.202. The molecule has 0 spiro atoms. The number of nitrogens with one attached hydrogen (secondary N) is 1. The van der Waals surface area contributed by atoms with Crippen LogP contribution in [0.3, 0.4) is 0 Å². The second kappa shape index (κ2) is 11.5. The van der Waals surface area contributed by atoms with Crippen molar-refractivity contribution in [3.05, 3.63) is 36.7 Å². The van der Waals surface area contributed by atoms with Crippen LogP contribution in [-0.4, -0.2) is 58.5 Å². The van der Waals surface area contributed by atoms with Crippen molar-refractivity contribution >= 4 is 16.1 Å². The van der Waals surface area contributed by atoms with Gasteiger partial charge in [-0.1, -0.05) is 32.4 Å². The number of hydrogen-bond donors (Lipinski definition) is 3. The molecule has 3 N–H and O–H groups in total. The third-order valence-corrected chi connectivity index (χ3v) is 13.7. The molecule has 10 atom stereocenters. The molecule has 1 heterocycles. The molecule has 2 aromatic rings. The van der Waals surface area contributed by atoms with Gasteiger partial charge in [0, 0.05) is 0 Å². The number of sulfonamides is 1. The molecule has 0 aliphatic heterocycles. The minimum atomic E-state index is -4.09. The molecule has 0 saturated heterocycles. The standard InChI is InChI=1S/C32H46N4O6S/c1-4-24-27-19-22(37)11-14-32(27,3)26-12-15-31(2)20(5-10-25(31)28(26)29(24)38)13-18-42-30(39)34-43(40,41)23-8-6-21(7-9-23)36-17-16-33-35-36/h6-9,16-17,20,22,24-29,37-38H,4-5,10-15,18-19H2,1-3H3,(H,34,39)/t20-,22-,24-,25+,26+,27+,28+,29-,31-,32-/m1/s1. The molecular formula is C32H46N4O6S. The molecule has 11 heteroatoms. The smallest absolute Gasteiger partial charge is 0.421 e. The summed E-state index contributed by atoms with van der Waals surface area (Å²) in [5.41, 5.74) is 0.858. The van der Waals surface area contributed by atoms with Crippen LogP contribution in [0.25, 0.3) is 5.69 Å². The molecule has 1 amide bonds. The number of ether oxygens (including phenoxy) is 1. The minimum absolute atomic E-state index is 0.0453. The maximum atomic E-state index is 12.8. The van der Waals surface area contributed by atoms with Crippen LogP contribution in [0.4, 0.5) is 4.79 Å². The number of aliphatic hydroxyl groups is 2. The fourth-order valence-electron chi connectivity index (χ4n) is 10.2. The summed E-state index contributed by atoms with van der Waals surface area (Å²) in [6.07, 6.45) is 10.2. The highest BCUT2D eigenvalue weighted by Gasteiger charge is 2.64. The second-order valence-corrected chi connectivity index (χ2v) is 15.8. The van der Waals surface area contributed by atoms with E-state index in [9.17, 15) is 23.4 Å². The van der Waals surface area contributed by atoms with Crippen molar-refractivity contribution in [3.8, 4) is 5.69 Å². The minimum Gasteiger partial charge on any atom is -0.449 e. The first-order valence-corrected chi connectivity index (χ1v) is 17.5. The number of aliphatic hydroxyl groups excluding tert-OH is 2. The van der Waals surface area contributed by atoms with Gasteiger partial charge in [-0.3, -0.25) is 0 Å². The van der Waals surface area contributed by atoms with Gasteiger partial charge in [-0.15, -0.1) is 5.10 Å². The molecule has 0 radical (unpaired) electrons. The summed E-state index contributed by atoms with van der Waals surface area (Å²) >= 11 is 0. The van der Waals surface area contributed by atoms with Crippen molar-refractivity contribution in [3.63, 3.8) is 0 Å². The zero-order valence-corrected chi connectivity index (χ0v) is 26.2. The molecule has 10 nitrogen and oxygen atoms in total. The van der Waals surface area contributed by atoms with Crippen LogP contribution in [-0.2, 0) is 14.8 Å². The predicted molar refractivity (Wildman–Crippen MR) is 159 cm³/mol.